The zero-order chi connectivity index (χ0) is 68.1. The van der Waals surface area contributed by atoms with E-state index in [1.54, 1.807) is 0 Å². The summed E-state index contributed by atoms with van der Waals surface area (Å²) in [5.41, 5.74) is 31.3. The molecule has 0 radical (unpaired) electrons. The Bertz CT molecular complexity index is 1160. The summed E-state index contributed by atoms with van der Waals surface area (Å²) in [6, 6.07) is 0. The maximum Gasteiger partial charge on any atom is 0.305 e. The fourth-order valence-electron chi connectivity index (χ4n) is 8.83. The number of hydrogen-bond acceptors (Lipinski definition) is 18. The van der Waals surface area contributed by atoms with Crippen molar-refractivity contribution in [3.8, 4) is 0 Å². The SMILES string of the molecule is CCCCCCCCCC(=O)OCCN.CCCCCCCCCC(=O)OCCN.CCCCCCCCCC(=O)OCCN.CCCCCCCCCC(=O)OCCN.CCCCCCCCCC(=O)OCCN.CCCCCCCCCC(=O)OCCN.Cl. The van der Waals surface area contributed by atoms with Gasteiger partial charge >= 0.3 is 35.8 Å². The minimum Gasteiger partial charge on any atom is -0.464 e. The molecule has 548 valence electrons. The molecule has 0 heterocycles. The molecule has 0 atom stereocenters. The summed E-state index contributed by atoms with van der Waals surface area (Å²) in [5.74, 6) is -0.617. The van der Waals surface area contributed by atoms with Crippen LogP contribution in [0.1, 0.15) is 350 Å². The number of unbranched alkanes of at least 4 members (excludes halogenated alkanes) is 36. The third kappa shape index (κ3) is 112. The predicted molar refractivity (Wildman–Crippen MR) is 383 cm³/mol. The molecule has 0 aliphatic carbocycles. The van der Waals surface area contributed by atoms with Gasteiger partial charge in [-0.25, -0.2) is 0 Å². The molecule has 12 N–H and O–H groups in total. The Hall–Kier alpha value is -3.13. The quantitative estimate of drug-likeness (QED) is 0.0187. The van der Waals surface area contributed by atoms with Crippen molar-refractivity contribution in [3.63, 3.8) is 0 Å². The third-order valence-electron chi connectivity index (χ3n) is 14.2. The average Bonchev–Trinajstić information content (AvgIpc) is 3.57. The van der Waals surface area contributed by atoms with Crippen molar-refractivity contribution in [3.05, 3.63) is 0 Å². The molecule has 0 aromatic heterocycles. The number of ether oxygens (including phenoxy) is 6. The predicted octanol–water partition coefficient (Wildman–Crippen LogP) is 16.2. The number of nitrogens with two attached hydrogens (primary N) is 6. The van der Waals surface area contributed by atoms with Gasteiger partial charge in [-0.1, -0.05) is 273 Å². The Labute approximate surface area is 566 Å². The highest BCUT2D eigenvalue weighted by Crippen LogP contribution is 2.14. The third-order valence-corrected chi connectivity index (χ3v) is 14.2. The van der Waals surface area contributed by atoms with Gasteiger partial charge in [-0.3, -0.25) is 28.8 Å². The number of carbonyl (C=O) groups is 6. The molecule has 19 heteroatoms. The van der Waals surface area contributed by atoms with Gasteiger partial charge in [0.15, 0.2) is 0 Å². The molecule has 0 fully saturated rings. The zero-order valence-electron chi connectivity index (χ0n) is 60.2. The highest BCUT2D eigenvalue weighted by atomic mass is 35.5. The molecule has 0 bridgehead atoms. The van der Waals surface area contributed by atoms with Gasteiger partial charge in [0.25, 0.3) is 0 Å². The zero-order valence-corrected chi connectivity index (χ0v) is 61.0. The first-order chi connectivity index (χ1) is 43.8. The number of esters is 6. The van der Waals surface area contributed by atoms with E-state index >= 15 is 0 Å². The van der Waals surface area contributed by atoms with E-state index in [0.29, 0.717) is 117 Å². The van der Waals surface area contributed by atoms with Gasteiger partial charge in [0.05, 0.1) is 0 Å². The van der Waals surface area contributed by atoms with E-state index in [9.17, 15) is 28.8 Å². The summed E-state index contributed by atoms with van der Waals surface area (Å²) in [6.07, 6.45) is 54.7. The van der Waals surface area contributed by atoms with Gasteiger partial charge in [0.2, 0.25) is 0 Å². The second kappa shape index (κ2) is 97.9. The van der Waals surface area contributed by atoms with Crippen molar-refractivity contribution in [2.24, 2.45) is 34.4 Å². The molecule has 0 saturated carbocycles. The summed E-state index contributed by atoms with van der Waals surface area (Å²) in [7, 11) is 0. The van der Waals surface area contributed by atoms with Crippen molar-refractivity contribution < 1.29 is 57.2 Å². The van der Waals surface area contributed by atoms with E-state index in [2.05, 4.69) is 41.5 Å². The first-order valence-electron chi connectivity index (χ1n) is 37.0. The Morgan fingerprint density at radius 1 is 0.187 bits per heavy atom. The molecule has 0 saturated heterocycles. The second-order valence-electron chi connectivity index (χ2n) is 23.3. The lowest BCUT2D eigenvalue weighted by atomic mass is 10.1. The van der Waals surface area contributed by atoms with E-state index in [1.807, 2.05) is 0 Å². The van der Waals surface area contributed by atoms with Gasteiger partial charge in [0.1, 0.15) is 39.6 Å². The lowest BCUT2D eigenvalue weighted by Crippen LogP contribution is -2.13. The van der Waals surface area contributed by atoms with Crippen molar-refractivity contribution in [2.75, 3.05) is 78.9 Å². The van der Waals surface area contributed by atoms with Crippen LogP contribution in [0.3, 0.4) is 0 Å². The molecular weight excluding hydrogens is 1180 g/mol. The molecule has 0 unspecified atom stereocenters. The standard InChI is InChI=1S/6C12H25NO2.ClH/c6*1-2-3-4-5-6-7-8-9-12(14)15-11-10-13;/h6*2-11,13H2,1H3;1H. The van der Waals surface area contributed by atoms with Gasteiger partial charge in [-0.05, 0) is 38.5 Å². The van der Waals surface area contributed by atoms with Crippen LogP contribution in [0.2, 0.25) is 0 Å². The van der Waals surface area contributed by atoms with Crippen molar-refractivity contribution in [1.29, 1.82) is 0 Å². The summed E-state index contributed by atoms with van der Waals surface area (Å²) in [6.45, 7) is 17.9. The first kappa shape index (κ1) is 101. The summed E-state index contributed by atoms with van der Waals surface area (Å²) >= 11 is 0. The first-order valence-corrected chi connectivity index (χ1v) is 37.0. The van der Waals surface area contributed by atoms with Crippen LogP contribution in [-0.2, 0) is 57.2 Å². The number of rotatable bonds is 60. The van der Waals surface area contributed by atoms with E-state index in [1.165, 1.54) is 193 Å². The minimum atomic E-state index is -0.103. The lowest BCUT2D eigenvalue weighted by Gasteiger charge is -2.03. The maximum absolute atomic E-state index is 11.1. The highest BCUT2D eigenvalue weighted by molar-refractivity contribution is 5.85. The molecule has 18 nitrogen and oxygen atoms in total. The van der Waals surface area contributed by atoms with E-state index in [4.69, 9.17) is 62.8 Å². The van der Waals surface area contributed by atoms with Gasteiger partial charge in [-0.15, -0.1) is 12.4 Å². The Kier molecular flexibility index (Phi) is 109. The summed E-state index contributed by atoms with van der Waals surface area (Å²) in [5, 5.41) is 0. The number of carbonyl (C=O) groups excluding carboxylic acids is 6. The van der Waals surface area contributed by atoms with Crippen LogP contribution in [0.5, 0.6) is 0 Å². The van der Waals surface area contributed by atoms with Crippen LogP contribution in [-0.4, -0.2) is 115 Å². The van der Waals surface area contributed by atoms with Crippen LogP contribution >= 0.6 is 12.4 Å². The van der Waals surface area contributed by atoms with Crippen molar-refractivity contribution >= 4 is 48.2 Å². The molecule has 0 rings (SSSR count). The largest absolute Gasteiger partial charge is 0.464 e. The van der Waals surface area contributed by atoms with E-state index in [0.717, 1.165) is 77.0 Å². The molecule has 0 aliphatic rings. The van der Waals surface area contributed by atoms with E-state index < -0.39 is 0 Å². The smallest absolute Gasteiger partial charge is 0.305 e. The topological polar surface area (TPSA) is 314 Å². The fraction of sp³-hybridized carbons (Fsp3) is 0.917. The van der Waals surface area contributed by atoms with E-state index in [-0.39, 0.29) is 48.2 Å². The molecule has 0 aliphatic heterocycles. The van der Waals surface area contributed by atoms with Crippen LogP contribution in [0, 0.1) is 0 Å². The monoisotopic (exact) mass is 1330 g/mol. The average molecular weight is 1330 g/mol. The highest BCUT2D eigenvalue weighted by Gasteiger charge is 2.06. The van der Waals surface area contributed by atoms with Gasteiger partial charge < -0.3 is 62.8 Å². The van der Waals surface area contributed by atoms with Crippen LogP contribution in [0.4, 0.5) is 0 Å². The van der Waals surface area contributed by atoms with Gasteiger partial charge in [0, 0.05) is 77.8 Å². The van der Waals surface area contributed by atoms with Crippen molar-refractivity contribution in [1.82, 2.24) is 0 Å². The molecule has 0 amide bonds. The molecule has 91 heavy (non-hydrogen) atoms. The fourth-order valence-corrected chi connectivity index (χ4v) is 8.83. The maximum atomic E-state index is 11.1. The Morgan fingerprint density at radius 3 is 0.385 bits per heavy atom. The Balaban J connectivity index is -0.000000186. The second-order valence-corrected chi connectivity index (χ2v) is 23.3. The van der Waals surface area contributed by atoms with Crippen LogP contribution in [0.25, 0.3) is 0 Å². The Morgan fingerprint density at radius 2 is 0.286 bits per heavy atom. The van der Waals surface area contributed by atoms with Crippen LogP contribution < -0.4 is 34.4 Å². The molecule has 0 aromatic rings. The molecule has 0 aromatic carbocycles. The summed E-state index contributed by atoms with van der Waals surface area (Å²) in [4.78, 5) is 66.4. The normalized spacial score (nSPS) is 10.2. The minimum absolute atomic E-state index is 0. The summed E-state index contributed by atoms with van der Waals surface area (Å²) < 4.78 is 29.2. The van der Waals surface area contributed by atoms with Crippen LogP contribution in [0.15, 0.2) is 0 Å². The van der Waals surface area contributed by atoms with Crippen molar-refractivity contribution in [2.45, 2.75) is 350 Å². The number of halogens is 1. The van der Waals surface area contributed by atoms with Gasteiger partial charge in [-0.2, -0.15) is 0 Å². The molecular formula is C72H151ClN6O12. The lowest BCUT2D eigenvalue weighted by molar-refractivity contribution is -0.144. The number of hydrogen-bond donors (Lipinski definition) is 6. The molecule has 0 spiro atoms.